The van der Waals surface area contributed by atoms with Crippen molar-refractivity contribution in [2.75, 3.05) is 6.54 Å². The van der Waals surface area contributed by atoms with Gasteiger partial charge in [0.25, 0.3) is 0 Å². The molecule has 1 N–H and O–H groups in total. The largest absolute Gasteiger partial charge is 0.338 e. The molecule has 1 fully saturated rings. The van der Waals surface area contributed by atoms with E-state index in [-0.39, 0.29) is 24.5 Å². The molecule has 1 aromatic rings. The minimum absolute atomic E-state index is 0. The lowest BCUT2D eigenvalue weighted by atomic mass is 10.3. The molecule has 0 radical (unpaired) electrons. The molecule has 1 unspecified atom stereocenters. The molecule has 1 saturated heterocycles. The first-order valence-electron chi connectivity index (χ1n) is 4.78. The Kier molecular flexibility index (Phi) is 4.25. The van der Waals surface area contributed by atoms with Gasteiger partial charge in [-0.3, -0.25) is 4.98 Å². The average Bonchev–Trinajstić information content (AvgIpc) is 2.56. The molecule has 1 atom stereocenters. The summed E-state index contributed by atoms with van der Waals surface area (Å²) in [4.78, 5) is 15.2. The summed E-state index contributed by atoms with van der Waals surface area (Å²) in [5.41, 5.74) is 0.879. The van der Waals surface area contributed by atoms with Crippen molar-refractivity contribution >= 4 is 24.7 Å². The van der Waals surface area contributed by atoms with E-state index in [2.05, 4.69) is 15.4 Å². The van der Waals surface area contributed by atoms with Gasteiger partial charge in [-0.25, -0.2) is 9.80 Å². The van der Waals surface area contributed by atoms with E-state index >= 15 is 0 Å². The van der Waals surface area contributed by atoms with Gasteiger partial charge in [0.15, 0.2) is 0 Å². The third-order valence-electron chi connectivity index (χ3n) is 2.08. The lowest BCUT2D eigenvalue weighted by molar-refractivity contribution is 0.219. The van der Waals surface area contributed by atoms with E-state index < -0.39 is 0 Å². The number of hydrogen-bond acceptors (Lipinski definition) is 3. The van der Waals surface area contributed by atoms with Crippen molar-refractivity contribution in [3.8, 4) is 0 Å². The quantitative estimate of drug-likeness (QED) is 0.791. The van der Waals surface area contributed by atoms with Crippen molar-refractivity contribution in [1.29, 1.82) is 0 Å². The van der Waals surface area contributed by atoms with Gasteiger partial charge in [0.2, 0.25) is 0 Å². The van der Waals surface area contributed by atoms with Crippen molar-refractivity contribution in [3.05, 3.63) is 30.1 Å². The number of hydrogen-bond donors (Lipinski definition) is 1. The summed E-state index contributed by atoms with van der Waals surface area (Å²) in [6, 6.07) is 3.72. The zero-order valence-corrected chi connectivity index (χ0v) is 9.65. The van der Waals surface area contributed by atoms with Crippen LogP contribution in [0.4, 0.5) is 4.79 Å². The number of hydrazone groups is 1. The van der Waals surface area contributed by atoms with Gasteiger partial charge in [0, 0.05) is 24.0 Å². The van der Waals surface area contributed by atoms with E-state index in [1.807, 2.05) is 19.1 Å². The maximum atomic E-state index is 11.3. The van der Waals surface area contributed by atoms with Crippen LogP contribution < -0.4 is 5.32 Å². The highest BCUT2D eigenvalue weighted by Gasteiger charge is 2.24. The predicted octanol–water partition coefficient (Wildman–Crippen LogP) is 1.25. The van der Waals surface area contributed by atoms with Gasteiger partial charge in [0.1, 0.15) is 0 Å². The Labute approximate surface area is 100.0 Å². The molecule has 6 heteroatoms. The van der Waals surface area contributed by atoms with E-state index in [0.717, 1.165) is 5.56 Å². The normalized spacial score (nSPS) is 19.7. The molecule has 0 aliphatic carbocycles. The molecule has 5 nitrogen and oxygen atoms in total. The van der Waals surface area contributed by atoms with Gasteiger partial charge >= 0.3 is 6.03 Å². The summed E-state index contributed by atoms with van der Waals surface area (Å²) in [6.45, 7) is 2.55. The van der Waals surface area contributed by atoms with Crippen molar-refractivity contribution in [3.63, 3.8) is 0 Å². The maximum Gasteiger partial charge on any atom is 0.338 e. The minimum Gasteiger partial charge on any atom is -0.332 e. The number of carbonyl (C=O) groups excluding carboxylic acids is 1. The molecule has 86 valence electrons. The van der Waals surface area contributed by atoms with Crippen LogP contribution in [0.15, 0.2) is 29.6 Å². The number of nitrogens with one attached hydrogen (secondary N) is 1. The van der Waals surface area contributed by atoms with Crippen LogP contribution in [0, 0.1) is 0 Å². The Morgan fingerprint density at radius 2 is 2.50 bits per heavy atom. The van der Waals surface area contributed by atoms with Gasteiger partial charge in [-0.1, -0.05) is 6.07 Å². The number of halogens is 1. The van der Waals surface area contributed by atoms with Crippen LogP contribution in [0.25, 0.3) is 0 Å². The smallest absolute Gasteiger partial charge is 0.332 e. The molecule has 1 aliphatic rings. The van der Waals surface area contributed by atoms with Crippen molar-refractivity contribution in [2.24, 2.45) is 5.10 Å². The summed E-state index contributed by atoms with van der Waals surface area (Å²) in [5.74, 6) is 0. The zero-order chi connectivity index (χ0) is 10.7. The predicted molar refractivity (Wildman–Crippen MR) is 63.8 cm³/mol. The van der Waals surface area contributed by atoms with Gasteiger partial charge < -0.3 is 5.32 Å². The second-order valence-corrected chi connectivity index (χ2v) is 3.46. The van der Waals surface area contributed by atoms with Crippen LogP contribution >= 0.6 is 12.4 Å². The minimum atomic E-state index is -0.150. The standard InChI is InChI=1S/C10H12N4O.ClH/c1-8-7-14(10(15)13-8)12-6-9-3-2-4-11-5-9;/h2-6,8H,7H2,1H3,(H,13,15);1H/b12-6+;. The molecule has 2 amide bonds. The zero-order valence-electron chi connectivity index (χ0n) is 8.83. The first-order chi connectivity index (χ1) is 7.25. The maximum absolute atomic E-state index is 11.3. The Balaban J connectivity index is 0.00000128. The Morgan fingerprint density at radius 1 is 1.69 bits per heavy atom. The van der Waals surface area contributed by atoms with Gasteiger partial charge in [-0.15, -0.1) is 12.4 Å². The van der Waals surface area contributed by atoms with Crippen LogP contribution in [-0.4, -0.2) is 34.8 Å². The second-order valence-electron chi connectivity index (χ2n) is 3.46. The van der Waals surface area contributed by atoms with Crippen molar-refractivity contribution < 1.29 is 4.79 Å². The van der Waals surface area contributed by atoms with Gasteiger partial charge in [-0.2, -0.15) is 5.10 Å². The number of rotatable bonds is 2. The third-order valence-corrected chi connectivity index (χ3v) is 2.08. The molecule has 1 aromatic heterocycles. The molecular weight excluding hydrogens is 228 g/mol. The number of nitrogens with zero attached hydrogens (tertiary/aromatic N) is 3. The summed E-state index contributed by atoms with van der Waals surface area (Å²) < 4.78 is 0. The molecule has 1 aliphatic heterocycles. The molecular formula is C10H13ClN4O. The molecule has 0 spiro atoms. The van der Waals surface area contributed by atoms with Crippen LogP contribution in [-0.2, 0) is 0 Å². The highest BCUT2D eigenvalue weighted by Crippen LogP contribution is 2.03. The lowest BCUT2D eigenvalue weighted by Crippen LogP contribution is -2.24. The average molecular weight is 241 g/mol. The molecule has 0 aromatic carbocycles. The SMILES string of the molecule is CC1CN(/N=C/c2cccnc2)C(=O)N1.Cl. The summed E-state index contributed by atoms with van der Waals surface area (Å²) in [7, 11) is 0. The van der Waals surface area contributed by atoms with E-state index in [9.17, 15) is 4.79 Å². The highest BCUT2D eigenvalue weighted by molar-refractivity contribution is 5.85. The van der Waals surface area contributed by atoms with Crippen LogP contribution in [0.1, 0.15) is 12.5 Å². The lowest BCUT2D eigenvalue weighted by Gasteiger charge is -2.05. The van der Waals surface area contributed by atoms with E-state index in [1.165, 1.54) is 5.01 Å². The van der Waals surface area contributed by atoms with Gasteiger partial charge in [0.05, 0.1) is 12.8 Å². The first-order valence-corrected chi connectivity index (χ1v) is 4.78. The molecule has 16 heavy (non-hydrogen) atoms. The van der Waals surface area contributed by atoms with E-state index in [1.54, 1.807) is 18.6 Å². The van der Waals surface area contributed by atoms with E-state index in [0.29, 0.717) is 6.54 Å². The summed E-state index contributed by atoms with van der Waals surface area (Å²) in [6.07, 6.45) is 5.02. The second kappa shape index (κ2) is 5.46. The van der Waals surface area contributed by atoms with Crippen LogP contribution in [0.2, 0.25) is 0 Å². The Hall–Kier alpha value is -1.62. The number of urea groups is 1. The molecule has 2 rings (SSSR count). The van der Waals surface area contributed by atoms with Crippen LogP contribution in [0.3, 0.4) is 0 Å². The number of aromatic nitrogens is 1. The fourth-order valence-corrected chi connectivity index (χ4v) is 1.36. The van der Waals surface area contributed by atoms with Gasteiger partial charge in [-0.05, 0) is 13.0 Å². The van der Waals surface area contributed by atoms with Crippen LogP contribution in [0.5, 0.6) is 0 Å². The fourth-order valence-electron chi connectivity index (χ4n) is 1.36. The van der Waals surface area contributed by atoms with E-state index in [4.69, 9.17) is 0 Å². The summed E-state index contributed by atoms with van der Waals surface area (Å²) >= 11 is 0. The topological polar surface area (TPSA) is 57.6 Å². The number of carbonyl (C=O) groups is 1. The number of amides is 2. The third kappa shape index (κ3) is 2.93. The molecule has 2 heterocycles. The molecule has 0 bridgehead atoms. The van der Waals surface area contributed by atoms with Crippen molar-refractivity contribution in [2.45, 2.75) is 13.0 Å². The monoisotopic (exact) mass is 240 g/mol. The van der Waals surface area contributed by atoms with Crippen molar-refractivity contribution in [1.82, 2.24) is 15.3 Å². The highest BCUT2D eigenvalue weighted by atomic mass is 35.5. The summed E-state index contributed by atoms with van der Waals surface area (Å²) in [5, 5.41) is 8.26. The number of pyridine rings is 1. The fraction of sp³-hybridized carbons (Fsp3) is 0.300. The Morgan fingerprint density at radius 3 is 3.06 bits per heavy atom. The molecule has 0 saturated carbocycles. The first kappa shape index (κ1) is 12.4. The Bertz CT molecular complexity index is 382.